The summed E-state index contributed by atoms with van der Waals surface area (Å²) in [5, 5.41) is 16.4. The van der Waals surface area contributed by atoms with E-state index in [9.17, 15) is 9.90 Å². The normalized spacial score (nSPS) is 21.1. The van der Waals surface area contributed by atoms with Crippen molar-refractivity contribution in [3.8, 4) is 11.4 Å². The fourth-order valence-electron chi connectivity index (χ4n) is 2.81. The van der Waals surface area contributed by atoms with Crippen molar-refractivity contribution in [1.29, 1.82) is 0 Å². The van der Waals surface area contributed by atoms with Crippen molar-refractivity contribution in [1.82, 2.24) is 20.4 Å². The largest absolute Gasteiger partial charge is 0.393 e. The van der Waals surface area contributed by atoms with Crippen LogP contribution in [0.4, 0.5) is 0 Å². The predicted octanol–water partition coefficient (Wildman–Crippen LogP) is 1.34. The molecule has 0 unspecified atom stereocenters. The highest BCUT2D eigenvalue weighted by Crippen LogP contribution is 2.24. The molecule has 1 aliphatic carbocycles. The first-order valence-corrected chi connectivity index (χ1v) is 7.91. The molecule has 0 saturated heterocycles. The van der Waals surface area contributed by atoms with Gasteiger partial charge >= 0.3 is 0 Å². The quantitative estimate of drug-likeness (QED) is 0.863. The molecule has 0 aromatic carbocycles. The summed E-state index contributed by atoms with van der Waals surface area (Å²) in [6.45, 7) is 0.445. The van der Waals surface area contributed by atoms with Crippen molar-refractivity contribution >= 4 is 5.91 Å². The van der Waals surface area contributed by atoms with Crippen molar-refractivity contribution in [2.24, 2.45) is 5.92 Å². The molecule has 1 saturated carbocycles. The van der Waals surface area contributed by atoms with Gasteiger partial charge in [-0.1, -0.05) is 11.6 Å². The maximum atomic E-state index is 12.1. The minimum absolute atomic E-state index is 0.00394. The van der Waals surface area contributed by atoms with E-state index in [1.54, 1.807) is 12.4 Å². The minimum Gasteiger partial charge on any atom is -0.393 e. The molecule has 7 nitrogen and oxygen atoms in total. The molecular weight excluding hydrogens is 296 g/mol. The van der Waals surface area contributed by atoms with E-state index >= 15 is 0 Å². The number of hydrogen-bond acceptors (Lipinski definition) is 6. The van der Waals surface area contributed by atoms with E-state index in [1.807, 2.05) is 12.1 Å². The van der Waals surface area contributed by atoms with E-state index in [0.717, 1.165) is 24.8 Å². The number of rotatable bonds is 5. The monoisotopic (exact) mass is 316 g/mol. The van der Waals surface area contributed by atoms with Gasteiger partial charge in [-0.25, -0.2) is 0 Å². The average Bonchev–Trinajstić information content (AvgIpc) is 3.04. The van der Waals surface area contributed by atoms with Crippen LogP contribution < -0.4 is 5.32 Å². The second-order valence-electron chi connectivity index (χ2n) is 5.81. The van der Waals surface area contributed by atoms with Crippen LogP contribution in [0.25, 0.3) is 11.4 Å². The van der Waals surface area contributed by atoms with Gasteiger partial charge in [-0.05, 0) is 31.4 Å². The van der Waals surface area contributed by atoms with Gasteiger partial charge in [0.1, 0.15) is 0 Å². The molecule has 0 aliphatic heterocycles. The van der Waals surface area contributed by atoms with Gasteiger partial charge in [0.2, 0.25) is 17.6 Å². The molecule has 2 heterocycles. The maximum Gasteiger partial charge on any atom is 0.228 e. The number of aliphatic hydroxyl groups excluding tert-OH is 1. The second kappa shape index (κ2) is 7.32. The van der Waals surface area contributed by atoms with Crippen LogP contribution in [-0.2, 0) is 11.2 Å². The first-order chi connectivity index (χ1) is 11.2. The van der Waals surface area contributed by atoms with Gasteiger partial charge in [0, 0.05) is 36.8 Å². The first-order valence-electron chi connectivity index (χ1n) is 7.91. The summed E-state index contributed by atoms with van der Waals surface area (Å²) < 4.78 is 5.18. The lowest BCUT2D eigenvalue weighted by Gasteiger charge is -2.24. The third-order valence-corrected chi connectivity index (χ3v) is 4.04. The minimum atomic E-state index is -0.350. The van der Waals surface area contributed by atoms with Crippen LogP contribution in [-0.4, -0.2) is 38.8 Å². The van der Waals surface area contributed by atoms with E-state index in [2.05, 4.69) is 20.4 Å². The Hall–Kier alpha value is -2.28. The molecule has 2 aromatic rings. The summed E-state index contributed by atoms with van der Waals surface area (Å²) in [5.41, 5.74) is 0.794. The van der Waals surface area contributed by atoms with Crippen molar-refractivity contribution in [3.63, 3.8) is 0 Å². The number of aromatic nitrogens is 3. The zero-order valence-corrected chi connectivity index (χ0v) is 12.8. The summed E-state index contributed by atoms with van der Waals surface area (Å²) in [6.07, 6.45) is 6.57. The van der Waals surface area contributed by atoms with E-state index in [1.165, 1.54) is 0 Å². The number of nitrogens with one attached hydrogen (secondary N) is 1. The van der Waals surface area contributed by atoms with Crippen molar-refractivity contribution in [2.45, 2.75) is 38.2 Å². The van der Waals surface area contributed by atoms with E-state index < -0.39 is 0 Å². The maximum absolute atomic E-state index is 12.1. The molecule has 23 heavy (non-hydrogen) atoms. The van der Waals surface area contributed by atoms with E-state index in [4.69, 9.17) is 4.52 Å². The number of amides is 1. The van der Waals surface area contributed by atoms with Crippen molar-refractivity contribution in [2.75, 3.05) is 6.54 Å². The zero-order valence-electron chi connectivity index (χ0n) is 12.8. The van der Waals surface area contributed by atoms with Crippen LogP contribution in [0.1, 0.15) is 31.6 Å². The highest BCUT2D eigenvalue weighted by Gasteiger charge is 2.25. The Morgan fingerprint density at radius 3 is 3.13 bits per heavy atom. The molecule has 0 radical (unpaired) electrons. The van der Waals surface area contributed by atoms with Gasteiger partial charge in [0.15, 0.2) is 0 Å². The summed E-state index contributed by atoms with van der Waals surface area (Å²) in [6, 6.07) is 3.67. The first kappa shape index (κ1) is 15.6. The van der Waals surface area contributed by atoms with Crippen LogP contribution in [0, 0.1) is 5.92 Å². The zero-order chi connectivity index (χ0) is 16.1. The van der Waals surface area contributed by atoms with Crippen LogP contribution in [0.5, 0.6) is 0 Å². The number of carbonyl (C=O) groups excluding carboxylic acids is 1. The Bertz CT molecular complexity index is 644. The average molecular weight is 316 g/mol. The molecule has 0 spiro atoms. The van der Waals surface area contributed by atoms with Gasteiger partial charge in [-0.2, -0.15) is 4.98 Å². The summed E-state index contributed by atoms with van der Waals surface area (Å²) >= 11 is 0. The fraction of sp³-hybridized carbons (Fsp3) is 0.500. The molecule has 7 heteroatoms. The van der Waals surface area contributed by atoms with Crippen LogP contribution in [0.2, 0.25) is 0 Å². The van der Waals surface area contributed by atoms with Gasteiger partial charge < -0.3 is 14.9 Å². The van der Waals surface area contributed by atoms with Crippen molar-refractivity contribution < 1.29 is 14.4 Å². The van der Waals surface area contributed by atoms with E-state index in [0.29, 0.717) is 31.1 Å². The standard InChI is InChI=1S/C16H20N4O3/c21-13-5-1-3-11(9-13)16(22)18-8-6-14-19-15(20-23-14)12-4-2-7-17-10-12/h2,4,7,10-11,13,21H,1,3,5-6,8-9H2,(H,18,22)/t11-,13-/m0/s1. The Balaban J connectivity index is 1.47. The molecule has 122 valence electrons. The molecule has 2 N–H and O–H groups in total. The summed E-state index contributed by atoms with van der Waals surface area (Å²) in [5.74, 6) is 0.880. The number of hydrogen-bond donors (Lipinski definition) is 2. The molecule has 3 rings (SSSR count). The van der Waals surface area contributed by atoms with Crippen LogP contribution in [0.3, 0.4) is 0 Å². The predicted molar refractivity (Wildman–Crippen MR) is 82.2 cm³/mol. The van der Waals surface area contributed by atoms with Gasteiger partial charge in [-0.3, -0.25) is 9.78 Å². The molecule has 2 aromatic heterocycles. The number of carbonyl (C=O) groups is 1. The Kier molecular flexibility index (Phi) is 4.97. The van der Waals surface area contributed by atoms with Gasteiger partial charge in [0.05, 0.1) is 6.10 Å². The van der Waals surface area contributed by atoms with Crippen LogP contribution >= 0.6 is 0 Å². The lowest BCUT2D eigenvalue weighted by Crippen LogP contribution is -2.36. The topological polar surface area (TPSA) is 101 Å². The smallest absolute Gasteiger partial charge is 0.228 e. The Morgan fingerprint density at radius 2 is 2.35 bits per heavy atom. The lowest BCUT2D eigenvalue weighted by atomic mass is 9.87. The van der Waals surface area contributed by atoms with Gasteiger partial charge in [-0.15, -0.1) is 0 Å². The van der Waals surface area contributed by atoms with Crippen molar-refractivity contribution in [3.05, 3.63) is 30.4 Å². The molecule has 2 atom stereocenters. The number of nitrogens with zero attached hydrogens (tertiary/aromatic N) is 3. The van der Waals surface area contributed by atoms with Gasteiger partial charge in [0.25, 0.3) is 0 Å². The Morgan fingerprint density at radius 1 is 1.43 bits per heavy atom. The fourth-order valence-corrected chi connectivity index (χ4v) is 2.81. The van der Waals surface area contributed by atoms with E-state index in [-0.39, 0.29) is 17.9 Å². The lowest BCUT2D eigenvalue weighted by molar-refractivity contribution is -0.127. The number of aliphatic hydroxyl groups is 1. The second-order valence-corrected chi connectivity index (χ2v) is 5.81. The number of pyridine rings is 1. The third kappa shape index (κ3) is 4.13. The molecule has 1 fully saturated rings. The highest BCUT2D eigenvalue weighted by molar-refractivity contribution is 5.78. The Labute approximate surface area is 134 Å². The third-order valence-electron chi connectivity index (χ3n) is 4.04. The SMILES string of the molecule is O=C(NCCc1nc(-c2cccnc2)no1)[C@H]1CCC[C@H](O)C1. The van der Waals surface area contributed by atoms with Crippen LogP contribution in [0.15, 0.2) is 29.0 Å². The molecule has 0 bridgehead atoms. The molecular formula is C16H20N4O3. The summed E-state index contributed by atoms with van der Waals surface area (Å²) in [4.78, 5) is 20.4. The molecule has 1 aliphatic rings. The molecule has 1 amide bonds. The summed E-state index contributed by atoms with van der Waals surface area (Å²) in [7, 11) is 0. The highest BCUT2D eigenvalue weighted by atomic mass is 16.5.